The van der Waals surface area contributed by atoms with Gasteiger partial charge >= 0.3 is 0 Å². The molecule has 0 saturated heterocycles. The van der Waals surface area contributed by atoms with Gasteiger partial charge < -0.3 is 10.5 Å². The van der Waals surface area contributed by atoms with Crippen LogP contribution in [0.3, 0.4) is 0 Å². The molecule has 19 heavy (non-hydrogen) atoms. The second-order valence-corrected chi connectivity index (χ2v) is 4.40. The van der Waals surface area contributed by atoms with Crippen molar-refractivity contribution in [3.63, 3.8) is 0 Å². The fourth-order valence-electron chi connectivity index (χ4n) is 1.61. The van der Waals surface area contributed by atoms with E-state index in [9.17, 15) is 8.78 Å². The molecule has 5 heteroatoms. The Kier molecular flexibility index (Phi) is 4.35. The Hall–Kier alpha value is -1.65. The topological polar surface area (TPSA) is 35.2 Å². The lowest BCUT2D eigenvalue weighted by atomic mass is 10.1. The van der Waals surface area contributed by atoms with E-state index in [4.69, 9.17) is 22.1 Å². The first-order chi connectivity index (χ1) is 9.10. The molecule has 2 aromatic carbocycles. The number of nitrogens with two attached hydrogens (primary N) is 1. The number of benzene rings is 2. The maximum absolute atomic E-state index is 13.2. The summed E-state index contributed by atoms with van der Waals surface area (Å²) in [5, 5.41) is 0.0413. The third-order valence-corrected chi connectivity index (χ3v) is 2.93. The molecule has 0 aliphatic carbocycles. The lowest BCUT2D eigenvalue weighted by Crippen LogP contribution is -2.02. The van der Waals surface area contributed by atoms with E-state index in [-0.39, 0.29) is 24.0 Å². The van der Waals surface area contributed by atoms with Gasteiger partial charge in [0.2, 0.25) is 0 Å². The summed E-state index contributed by atoms with van der Waals surface area (Å²) in [4.78, 5) is 0. The Bertz CT molecular complexity index is 590. The highest BCUT2D eigenvalue weighted by molar-refractivity contribution is 6.30. The van der Waals surface area contributed by atoms with E-state index in [1.54, 1.807) is 18.2 Å². The van der Waals surface area contributed by atoms with Crippen LogP contribution in [0.25, 0.3) is 0 Å². The van der Waals surface area contributed by atoms with Crippen molar-refractivity contribution in [2.24, 2.45) is 5.73 Å². The zero-order chi connectivity index (χ0) is 13.8. The molecule has 0 spiro atoms. The molecule has 0 amide bonds. The molecular weight excluding hydrogens is 272 g/mol. The van der Waals surface area contributed by atoms with Crippen molar-refractivity contribution < 1.29 is 13.5 Å². The molecule has 2 rings (SSSR count). The first kappa shape index (κ1) is 13.8. The average molecular weight is 284 g/mol. The molecular formula is C14H12ClF2NO. The maximum Gasteiger partial charge on any atom is 0.145 e. The van der Waals surface area contributed by atoms with Gasteiger partial charge in [-0.15, -0.1) is 0 Å². The average Bonchev–Trinajstić information content (AvgIpc) is 2.41. The standard InChI is InChI=1S/C14H12ClF2NO/c15-12-3-2-11(6-14(12)17)19-8-9-1-4-13(16)10(5-9)7-18/h1-6H,7-8,18H2. The van der Waals surface area contributed by atoms with Crippen molar-refractivity contribution in [3.8, 4) is 5.75 Å². The highest BCUT2D eigenvalue weighted by Crippen LogP contribution is 2.21. The second kappa shape index (κ2) is 5.99. The van der Waals surface area contributed by atoms with Crippen molar-refractivity contribution in [1.29, 1.82) is 0 Å². The summed E-state index contributed by atoms with van der Waals surface area (Å²) in [6.07, 6.45) is 0. The number of rotatable bonds is 4. The van der Waals surface area contributed by atoms with Crippen LogP contribution in [0.15, 0.2) is 36.4 Å². The van der Waals surface area contributed by atoms with Gasteiger partial charge in [-0.1, -0.05) is 17.7 Å². The predicted octanol–water partition coefficient (Wildman–Crippen LogP) is 3.66. The highest BCUT2D eigenvalue weighted by atomic mass is 35.5. The fraction of sp³-hybridized carbons (Fsp3) is 0.143. The summed E-state index contributed by atoms with van der Waals surface area (Å²) < 4.78 is 31.8. The molecule has 2 nitrogen and oxygen atoms in total. The summed E-state index contributed by atoms with van der Waals surface area (Å²) in [7, 11) is 0. The van der Waals surface area contributed by atoms with Gasteiger partial charge in [0.25, 0.3) is 0 Å². The van der Waals surface area contributed by atoms with Gasteiger partial charge in [0.05, 0.1) is 5.02 Å². The van der Waals surface area contributed by atoms with Crippen LogP contribution >= 0.6 is 11.6 Å². The molecule has 0 bridgehead atoms. The molecule has 2 N–H and O–H groups in total. The van der Waals surface area contributed by atoms with Crippen LogP contribution in [-0.2, 0) is 13.2 Å². The normalized spacial score (nSPS) is 10.5. The van der Waals surface area contributed by atoms with Crippen LogP contribution in [0.5, 0.6) is 5.75 Å². The minimum atomic E-state index is -0.541. The van der Waals surface area contributed by atoms with Crippen molar-refractivity contribution in [3.05, 3.63) is 64.2 Å². The van der Waals surface area contributed by atoms with Gasteiger partial charge in [-0.3, -0.25) is 0 Å². The number of hydrogen-bond acceptors (Lipinski definition) is 2. The van der Waals surface area contributed by atoms with Gasteiger partial charge in [-0.05, 0) is 29.8 Å². The van der Waals surface area contributed by atoms with E-state index in [0.29, 0.717) is 11.3 Å². The van der Waals surface area contributed by atoms with Crippen LogP contribution < -0.4 is 10.5 Å². The molecule has 0 radical (unpaired) electrons. The van der Waals surface area contributed by atoms with E-state index in [1.807, 2.05) is 0 Å². The molecule has 100 valence electrons. The predicted molar refractivity (Wildman–Crippen MR) is 70.0 cm³/mol. The van der Waals surface area contributed by atoms with E-state index in [0.717, 1.165) is 5.56 Å². The monoisotopic (exact) mass is 283 g/mol. The van der Waals surface area contributed by atoms with E-state index in [1.165, 1.54) is 18.2 Å². The van der Waals surface area contributed by atoms with Crippen molar-refractivity contribution in [1.82, 2.24) is 0 Å². The van der Waals surface area contributed by atoms with Gasteiger partial charge in [-0.25, -0.2) is 8.78 Å². The van der Waals surface area contributed by atoms with E-state index >= 15 is 0 Å². The van der Waals surface area contributed by atoms with E-state index in [2.05, 4.69) is 0 Å². The van der Waals surface area contributed by atoms with Gasteiger partial charge in [0.15, 0.2) is 0 Å². The first-order valence-electron chi connectivity index (χ1n) is 5.65. The molecule has 0 aromatic heterocycles. The van der Waals surface area contributed by atoms with Crippen molar-refractivity contribution >= 4 is 11.6 Å². The van der Waals surface area contributed by atoms with Gasteiger partial charge in [-0.2, -0.15) is 0 Å². The largest absolute Gasteiger partial charge is 0.489 e. The van der Waals surface area contributed by atoms with Gasteiger partial charge in [0.1, 0.15) is 24.0 Å². The number of ether oxygens (including phenoxy) is 1. The van der Waals surface area contributed by atoms with E-state index < -0.39 is 5.82 Å². The van der Waals surface area contributed by atoms with Crippen LogP contribution in [0.4, 0.5) is 8.78 Å². The van der Waals surface area contributed by atoms with Crippen molar-refractivity contribution in [2.45, 2.75) is 13.2 Å². The lowest BCUT2D eigenvalue weighted by molar-refractivity contribution is 0.304. The zero-order valence-corrected chi connectivity index (χ0v) is 10.8. The Morgan fingerprint density at radius 2 is 1.84 bits per heavy atom. The summed E-state index contributed by atoms with van der Waals surface area (Å²) in [5.41, 5.74) is 6.60. The molecule has 0 heterocycles. The van der Waals surface area contributed by atoms with Gasteiger partial charge in [0, 0.05) is 18.2 Å². The van der Waals surface area contributed by atoms with Crippen LogP contribution in [-0.4, -0.2) is 0 Å². The van der Waals surface area contributed by atoms with Crippen LogP contribution in [0, 0.1) is 11.6 Å². The lowest BCUT2D eigenvalue weighted by Gasteiger charge is -2.08. The molecule has 0 atom stereocenters. The minimum Gasteiger partial charge on any atom is -0.489 e. The third kappa shape index (κ3) is 3.43. The maximum atomic E-state index is 13.2. The molecule has 0 aliphatic rings. The summed E-state index contributed by atoms with van der Waals surface area (Å²) in [6.45, 7) is 0.323. The quantitative estimate of drug-likeness (QED) is 0.929. The Balaban J connectivity index is 2.07. The Morgan fingerprint density at radius 1 is 1.05 bits per heavy atom. The zero-order valence-electron chi connectivity index (χ0n) is 10.00. The number of halogens is 3. The first-order valence-corrected chi connectivity index (χ1v) is 6.03. The molecule has 0 saturated carbocycles. The third-order valence-electron chi connectivity index (χ3n) is 2.63. The molecule has 0 unspecified atom stereocenters. The highest BCUT2D eigenvalue weighted by Gasteiger charge is 2.04. The SMILES string of the molecule is NCc1cc(COc2ccc(Cl)c(F)c2)ccc1F. The smallest absolute Gasteiger partial charge is 0.145 e. The van der Waals surface area contributed by atoms with Crippen LogP contribution in [0.1, 0.15) is 11.1 Å². The number of hydrogen-bond donors (Lipinski definition) is 1. The Labute approximate surface area is 114 Å². The molecule has 2 aromatic rings. The fourth-order valence-corrected chi connectivity index (χ4v) is 1.73. The molecule has 0 aliphatic heterocycles. The second-order valence-electron chi connectivity index (χ2n) is 3.99. The summed E-state index contributed by atoms with van der Waals surface area (Å²) in [6, 6.07) is 8.75. The van der Waals surface area contributed by atoms with Crippen LogP contribution in [0.2, 0.25) is 5.02 Å². The van der Waals surface area contributed by atoms with Crippen molar-refractivity contribution in [2.75, 3.05) is 0 Å². The minimum absolute atomic E-state index is 0.0413. The Morgan fingerprint density at radius 3 is 2.53 bits per heavy atom. The summed E-state index contributed by atoms with van der Waals surface area (Å²) in [5.74, 6) is -0.523. The summed E-state index contributed by atoms with van der Waals surface area (Å²) >= 11 is 5.57. The molecule has 0 fully saturated rings.